The topological polar surface area (TPSA) is 69.7 Å². The monoisotopic (exact) mass is 401 g/mol. The van der Waals surface area contributed by atoms with E-state index < -0.39 is 11.6 Å². The maximum Gasteiger partial charge on any atom is 0.325 e. The number of nitrogens with one attached hydrogen (secondary N) is 1. The van der Waals surface area contributed by atoms with Gasteiger partial charge in [0.25, 0.3) is 5.91 Å². The van der Waals surface area contributed by atoms with Crippen molar-refractivity contribution in [3.8, 4) is 0 Å². The van der Waals surface area contributed by atoms with Gasteiger partial charge in [-0.05, 0) is 44.1 Å². The molecule has 0 radical (unpaired) electrons. The van der Waals surface area contributed by atoms with Gasteiger partial charge < -0.3 is 10.2 Å². The zero-order valence-corrected chi connectivity index (χ0v) is 18.6. The first-order chi connectivity index (χ1) is 13.5. The Bertz CT molecular complexity index is 730. The van der Waals surface area contributed by atoms with E-state index in [9.17, 15) is 14.4 Å². The third-order valence-corrected chi connectivity index (χ3v) is 5.50. The van der Waals surface area contributed by atoms with Crippen LogP contribution >= 0.6 is 0 Å². The van der Waals surface area contributed by atoms with Gasteiger partial charge in [-0.3, -0.25) is 14.5 Å². The minimum atomic E-state index is -1.15. The molecule has 1 atom stereocenters. The van der Waals surface area contributed by atoms with E-state index in [1.54, 1.807) is 11.8 Å². The summed E-state index contributed by atoms with van der Waals surface area (Å²) in [6.45, 7) is 13.2. The highest BCUT2D eigenvalue weighted by Crippen LogP contribution is 2.29. The summed E-state index contributed by atoms with van der Waals surface area (Å²) < 4.78 is 0. The highest BCUT2D eigenvalue weighted by molar-refractivity contribution is 6.09. The lowest BCUT2D eigenvalue weighted by Gasteiger charge is -2.27. The molecule has 0 bridgehead atoms. The van der Waals surface area contributed by atoms with E-state index in [-0.39, 0.29) is 18.4 Å². The van der Waals surface area contributed by atoms with Crippen LogP contribution in [0.15, 0.2) is 24.3 Å². The molecule has 1 heterocycles. The van der Waals surface area contributed by atoms with E-state index >= 15 is 0 Å². The van der Waals surface area contributed by atoms with Crippen molar-refractivity contribution in [3.63, 3.8) is 0 Å². The lowest BCUT2D eigenvalue weighted by Crippen LogP contribution is -2.45. The first kappa shape index (κ1) is 22.9. The zero-order chi connectivity index (χ0) is 21.8. The van der Waals surface area contributed by atoms with Crippen LogP contribution in [0.2, 0.25) is 0 Å². The smallest absolute Gasteiger partial charge is 0.325 e. The molecule has 6 nitrogen and oxygen atoms in total. The highest BCUT2D eigenvalue weighted by Gasteiger charge is 2.49. The van der Waals surface area contributed by atoms with Crippen molar-refractivity contribution in [2.75, 3.05) is 19.6 Å². The summed E-state index contributed by atoms with van der Waals surface area (Å²) in [7, 11) is 0. The first-order valence-electron chi connectivity index (χ1n) is 10.5. The number of amides is 4. The molecule has 0 aliphatic carbocycles. The van der Waals surface area contributed by atoms with E-state index in [4.69, 9.17) is 0 Å². The number of nitrogens with zero attached hydrogens (tertiary/aromatic N) is 2. The van der Waals surface area contributed by atoms with Crippen molar-refractivity contribution >= 4 is 17.8 Å². The van der Waals surface area contributed by atoms with Crippen LogP contribution in [0.5, 0.6) is 0 Å². The Hall–Kier alpha value is -2.37. The fourth-order valence-corrected chi connectivity index (χ4v) is 3.35. The lowest BCUT2D eigenvalue weighted by atomic mass is 9.91. The molecule has 1 aromatic carbocycles. The van der Waals surface area contributed by atoms with Crippen LogP contribution in [0.3, 0.4) is 0 Å². The van der Waals surface area contributed by atoms with Crippen LogP contribution in [0, 0.1) is 18.8 Å². The Morgan fingerprint density at radius 2 is 1.55 bits per heavy atom. The van der Waals surface area contributed by atoms with Gasteiger partial charge in [0.05, 0.1) is 0 Å². The maximum atomic E-state index is 13.1. The molecule has 0 spiro atoms. The number of carbonyl (C=O) groups is 3. The predicted octanol–water partition coefficient (Wildman–Crippen LogP) is 3.68. The highest BCUT2D eigenvalue weighted by atomic mass is 16.2. The van der Waals surface area contributed by atoms with E-state index in [1.165, 1.54) is 0 Å². The van der Waals surface area contributed by atoms with Gasteiger partial charge in [0.2, 0.25) is 5.91 Å². The fraction of sp³-hybridized carbons (Fsp3) is 0.609. The molecule has 1 unspecified atom stereocenters. The van der Waals surface area contributed by atoms with Gasteiger partial charge in [-0.15, -0.1) is 0 Å². The number of hydrogen-bond donors (Lipinski definition) is 1. The molecule has 29 heavy (non-hydrogen) atoms. The van der Waals surface area contributed by atoms with Gasteiger partial charge in [-0.2, -0.15) is 0 Å². The summed E-state index contributed by atoms with van der Waals surface area (Å²) in [6, 6.07) is 6.99. The second-order valence-electron chi connectivity index (χ2n) is 9.06. The quantitative estimate of drug-likeness (QED) is 0.642. The van der Waals surface area contributed by atoms with E-state index in [0.29, 0.717) is 30.5 Å². The summed E-state index contributed by atoms with van der Waals surface area (Å²) >= 11 is 0. The molecule has 1 saturated heterocycles. The van der Waals surface area contributed by atoms with Crippen LogP contribution in [0.25, 0.3) is 0 Å². The molecule has 1 aliphatic heterocycles. The number of rotatable bonds is 9. The summed E-state index contributed by atoms with van der Waals surface area (Å²) in [5.41, 5.74) is 0.645. The molecule has 1 aliphatic rings. The lowest BCUT2D eigenvalue weighted by molar-refractivity contribution is -0.139. The average Bonchev–Trinajstić information content (AvgIpc) is 2.85. The second-order valence-corrected chi connectivity index (χ2v) is 9.06. The predicted molar refractivity (Wildman–Crippen MR) is 114 cm³/mol. The number of carbonyl (C=O) groups excluding carboxylic acids is 3. The molecule has 1 fully saturated rings. The Morgan fingerprint density at radius 1 is 1.03 bits per heavy atom. The van der Waals surface area contributed by atoms with Crippen LogP contribution in [0.1, 0.15) is 58.6 Å². The van der Waals surface area contributed by atoms with Gasteiger partial charge >= 0.3 is 6.03 Å². The van der Waals surface area contributed by atoms with Crippen LogP contribution in [0.4, 0.5) is 4.79 Å². The third kappa shape index (κ3) is 5.58. The molecule has 0 saturated carbocycles. The number of imide groups is 1. The second kappa shape index (κ2) is 9.42. The van der Waals surface area contributed by atoms with E-state index in [2.05, 4.69) is 33.0 Å². The van der Waals surface area contributed by atoms with Gasteiger partial charge in [0, 0.05) is 13.1 Å². The van der Waals surface area contributed by atoms with Crippen LogP contribution < -0.4 is 5.32 Å². The molecule has 4 amide bonds. The summed E-state index contributed by atoms with van der Waals surface area (Å²) in [4.78, 5) is 41.4. The van der Waals surface area contributed by atoms with Crippen molar-refractivity contribution < 1.29 is 14.4 Å². The van der Waals surface area contributed by atoms with E-state index in [0.717, 1.165) is 23.3 Å². The van der Waals surface area contributed by atoms with Crippen molar-refractivity contribution in [1.29, 1.82) is 0 Å². The summed E-state index contributed by atoms with van der Waals surface area (Å²) in [5.74, 6) is 0.395. The Labute approximate surface area is 174 Å². The minimum absolute atomic E-state index is 0.178. The third-order valence-electron chi connectivity index (χ3n) is 5.50. The standard InChI is InChI=1S/C23H35N3O3/c1-16(2)11-13-25(14-12-17(3)4)20(27)15-26-21(28)23(6,24-22(26)29)19-9-7-18(5)8-10-19/h7-10,16-17H,11-15H2,1-6H3,(H,24,29). The van der Waals surface area contributed by atoms with Gasteiger partial charge in [0.1, 0.15) is 12.1 Å². The van der Waals surface area contributed by atoms with Crippen LogP contribution in [-0.4, -0.2) is 47.3 Å². The van der Waals surface area contributed by atoms with E-state index in [1.807, 2.05) is 31.2 Å². The Kier molecular flexibility index (Phi) is 7.44. The van der Waals surface area contributed by atoms with Crippen molar-refractivity contribution in [3.05, 3.63) is 35.4 Å². The fourth-order valence-electron chi connectivity index (χ4n) is 3.35. The Morgan fingerprint density at radius 3 is 2.03 bits per heavy atom. The van der Waals surface area contributed by atoms with Gasteiger partial charge in [0.15, 0.2) is 0 Å². The number of benzene rings is 1. The molecular formula is C23H35N3O3. The van der Waals surface area contributed by atoms with Crippen LogP contribution in [-0.2, 0) is 15.1 Å². The summed E-state index contributed by atoms with van der Waals surface area (Å²) in [6.07, 6.45) is 1.79. The average molecular weight is 402 g/mol. The number of hydrogen-bond acceptors (Lipinski definition) is 3. The summed E-state index contributed by atoms with van der Waals surface area (Å²) in [5, 5.41) is 2.78. The molecule has 0 aromatic heterocycles. The minimum Gasteiger partial charge on any atom is -0.341 e. The van der Waals surface area contributed by atoms with Crippen molar-refractivity contribution in [1.82, 2.24) is 15.1 Å². The normalized spacial score (nSPS) is 19.2. The van der Waals surface area contributed by atoms with Gasteiger partial charge in [-0.25, -0.2) is 4.79 Å². The molecule has 1 N–H and O–H groups in total. The molecular weight excluding hydrogens is 366 g/mol. The maximum absolute atomic E-state index is 13.1. The first-order valence-corrected chi connectivity index (χ1v) is 10.5. The SMILES string of the molecule is Cc1ccc(C2(C)NC(=O)N(CC(=O)N(CCC(C)C)CCC(C)C)C2=O)cc1. The largest absolute Gasteiger partial charge is 0.341 e. The van der Waals surface area contributed by atoms with Gasteiger partial charge in [-0.1, -0.05) is 57.5 Å². The molecule has 2 rings (SSSR count). The zero-order valence-electron chi connectivity index (χ0n) is 18.6. The van der Waals surface area contributed by atoms with Crippen molar-refractivity contribution in [2.24, 2.45) is 11.8 Å². The number of aryl methyl sites for hydroxylation is 1. The number of urea groups is 1. The molecule has 1 aromatic rings. The molecule has 160 valence electrons. The van der Waals surface area contributed by atoms with Crippen molar-refractivity contribution in [2.45, 2.75) is 59.9 Å². The Balaban J connectivity index is 2.13. The molecule has 6 heteroatoms.